The number of amides is 1. The van der Waals surface area contributed by atoms with Gasteiger partial charge in [0.15, 0.2) is 5.82 Å². The number of rotatable bonds is 4. The SMILES string of the molecule is CC(C)n1cnnc1CNC(=O)c1ccccc1N.Cl.Cl. The number of hydrogen-bond acceptors (Lipinski definition) is 4. The maximum atomic E-state index is 12.0. The maximum Gasteiger partial charge on any atom is 0.253 e. The van der Waals surface area contributed by atoms with Crippen LogP contribution in [0.2, 0.25) is 0 Å². The third kappa shape index (κ3) is 4.61. The average molecular weight is 332 g/mol. The van der Waals surface area contributed by atoms with Crippen LogP contribution in [0.3, 0.4) is 0 Å². The Morgan fingerprint density at radius 3 is 2.62 bits per heavy atom. The van der Waals surface area contributed by atoms with Crippen molar-refractivity contribution in [2.75, 3.05) is 5.73 Å². The summed E-state index contributed by atoms with van der Waals surface area (Å²) in [6, 6.07) is 7.22. The summed E-state index contributed by atoms with van der Waals surface area (Å²) in [6.07, 6.45) is 1.66. The van der Waals surface area contributed by atoms with Crippen LogP contribution in [0.5, 0.6) is 0 Å². The lowest BCUT2D eigenvalue weighted by Crippen LogP contribution is -2.25. The van der Waals surface area contributed by atoms with Gasteiger partial charge in [0, 0.05) is 11.7 Å². The number of hydrogen-bond donors (Lipinski definition) is 2. The fraction of sp³-hybridized carbons (Fsp3) is 0.308. The number of halogens is 2. The molecule has 0 aliphatic heterocycles. The van der Waals surface area contributed by atoms with Gasteiger partial charge in [0.25, 0.3) is 5.91 Å². The van der Waals surface area contributed by atoms with E-state index in [-0.39, 0.29) is 36.8 Å². The van der Waals surface area contributed by atoms with E-state index < -0.39 is 0 Å². The minimum atomic E-state index is -0.212. The second-order valence-electron chi connectivity index (χ2n) is 4.52. The molecule has 0 bridgehead atoms. The number of nitrogens with two attached hydrogens (primary N) is 1. The van der Waals surface area contributed by atoms with Crippen LogP contribution in [0, 0.1) is 0 Å². The molecule has 0 aliphatic carbocycles. The molecular formula is C13H19Cl2N5O. The Hall–Kier alpha value is -1.79. The molecule has 1 aromatic heterocycles. The van der Waals surface area contributed by atoms with Gasteiger partial charge in [-0.15, -0.1) is 35.0 Å². The highest BCUT2D eigenvalue weighted by Gasteiger charge is 2.11. The maximum absolute atomic E-state index is 12.0. The molecule has 1 aromatic carbocycles. The van der Waals surface area contributed by atoms with E-state index in [0.29, 0.717) is 17.8 Å². The van der Waals surface area contributed by atoms with E-state index >= 15 is 0 Å². The lowest BCUT2D eigenvalue weighted by molar-refractivity contribution is 0.0950. The molecule has 0 fully saturated rings. The number of benzene rings is 1. The molecule has 2 aromatic rings. The monoisotopic (exact) mass is 331 g/mol. The molecular weight excluding hydrogens is 313 g/mol. The summed E-state index contributed by atoms with van der Waals surface area (Å²) >= 11 is 0. The van der Waals surface area contributed by atoms with Crippen LogP contribution in [0.15, 0.2) is 30.6 Å². The molecule has 0 spiro atoms. The summed E-state index contributed by atoms with van der Waals surface area (Å²) in [6.45, 7) is 4.39. The van der Waals surface area contributed by atoms with Crippen LogP contribution < -0.4 is 11.1 Å². The van der Waals surface area contributed by atoms with Crippen LogP contribution in [0.25, 0.3) is 0 Å². The molecule has 6 nitrogen and oxygen atoms in total. The Kier molecular flexibility index (Phi) is 7.76. The zero-order chi connectivity index (χ0) is 13.8. The van der Waals surface area contributed by atoms with Crippen LogP contribution in [0.1, 0.15) is 36.1 Å². The molecule has 3 N–H and O–H groups in total. The summed E-state index contributed by atoms with van der Waals surface area (Å²) in [7, 11) is 0. The van der Waals surface area contributed by atoms with Gasteiger partial charge in [-0.25, -0.2) is 0 Å². The van der Waals surface area contributed by atoms with Crippen molar-refractivity contribution in [1.82, 2.24) is 20.1 Å². The Morgan fingerprint density at radius 1 is 1.33 bits per heavy atom. The molecule has 116 valence electrons. The number of carbonyl (C=O) groups excluding carboxylic acids is 1. The second-order valence-corrected chi connectivity index (χ2v) is 4.52. The van der Waals surface area contributed by atoms with Crippen molar-refractivity contribution >= 4 is 36.4 Å². The predicted octanol–water partition coefficient (Wildman–Crippen LogP) is 2.21. The topological polar surface area (TPSA) is 85.8 Å². The molecule has 2 rings (SSSR count). The number of nitrogen functional groups attached to an aromatic ring is 1. The lowest BCUT2D eigenvalue weighted by Gasteiger charge is -2.11. The van der Waals surface area contributed by atoms with E-state index in [0.717, 1.165) is 5.82 Å². The Bertz CT molecular complexity index is 585. The third-order valence-electron chi connectivity index (χ3n) is 2.82. The molecule has 0 radical (unpaired) electrons. The molecule has 1 heterocycles. The predicted molar refractivity (Wildman–Crippen MR) is 86.9 cm³/mol. The number of nitrogens with one attached hydrogen (secondary N) is 1. The van der Waals surface area contributed by atoms with E-state index in [2.05, 4.69) is 15.5 Å². The van der Waals surface area contributed by atoms with Crippen molar-refractivity contribution in [3.63, 3.8) is 0 Å². The smallest absolute Gasteiger partial charge is 0.253 e. The first-order valence-corrected chi connectivity index (χ1v) is 6.10. The molecule has 1 amide bonds. The number of carbonyl (C=O) groups is 1. The first kappa shape index (κ1) is 19.2. The molecule has 0 saturated carbocycles. The van der Waals surface area contributed by atoms with E-state index in [1.54, 1.807) is 30.6 Å². The molecule has 0 unspecified atom stereocenters. The summed E-state index contributed by atoms with van der Waals surface area (Å²) in [5, 5.41) is 10.6. The first-order chi connectivity index (χ1) is 9.09. The summed E-state index contributed by atoms with van der Waals surface area (Å²) in [4.78, 5) is 12.0. The Balaban J connectivity index is 0.00000200. The zero-order valence-electron chi connectivity index (χ0n) is 11.8. The summed E-state index contributed by atoms with van der Waals surface area (Å²) < 4.78 is 1.91. The van der Waals surface area contributed by atoms with Crippen molar-refractivity contribution in [3.8, 4) is 0 Å². The van der Waals surface area contributed by atoms with Crippen molar-refractivity contribution in [2.24, 2.45) is 0 Å². The van der Waals surface area contributed by atoms with E-state index in [1.807, 2.05) is 18.4 Å². The van der Waals surface area contributed by atoms with Crippen LogP contribution >= 0.6 is 24.8 Å². The Labute approximate surface area is 135 Å². The van der Waals surface area contributed by atoms with Crippen LogP contribution in [-0.4, -0.2) is 20.7 Å². The summed E-state index contributed by atoms with van der Waals surface area (Å²) in [5.74, 6) is 0.509. The quantitative estimate of drug-likeness (QED) is 0.841. The van der Waals surface area contributed by atoms with Gasteiger partial charge in [0.1, 0.15) is 6.33 Å². The molecule has 0 atom stereocenters. The standard InChI is InChI=1S/C13H17N5O.2ClH/c1-9(2)18-8-16-17-12(18)7-15-13(19)10-5-3-4-6-11(10)14;;/h3-6,8-9H,7,14H2,1-2H3,(H,15,19);2*1H. The Morgan fingerprint density at radius 2 is 2.00 bits per heavy atom. The van der Waals surface area contributed by atoms with Gasteiger partial charge in [0.05, 0.1) is 12.1 Å². The van der Waals surface area contributed by atoms with Crippen LogP contribution in [-0.2, 0) is 6.54 Å². The average Bonchev–Trinajstić information content (AvgIpc) is 2.85. The fourth-order valence-electron chi connectivity index (χ4n) is 1.78. The molecule has 0 aliphatic rings. The van der Waals surface area contributed by atoms with E-state index in [1.165, 1.54) is 0 Å². The fourth-order valence-corrected chi connectivity index (χ4v) is 1.78. The van der Waals surface area contributed by atoms with Gasteiger partial charge in [-0.2, -0.15) is 0 Å². The molecule has 21 heavy (non-hydrogen) atoms. The number of para-hydroxylation sites is 1. The molecule has 0 saturated heterocycles. The third-order valence-corrected chi connectivity index (χ3v) is 2.82. The van der Waals surface area contributed by atoms with Crippen molar-refractivity contribution < 1.29 is 4.79 Å². The minimum absolute atomic E-state index is 0. The zero-order valence-corrected chi connectivity index (χ0v) is 13.4. The highest BCUT2D eigenvalue weighted by atomic mass is 35.5. The highest BCUT2D eigenvalue weighted by molar-refractivity contribution is 5.98. The van der Waals surface area contributed by atoms with Gasteiger partial charge in [-0.3, -0.25) is 4.79 Å². The van der Waals surface area contributed by atoms with Crippen molar-refractivity contribution in [2.45, 2.75) is 26.4 Å². The highest BCUT2D eigenvalue weighted by Crippen LogP contribution is 2.11. The number of anilines is 1. The second kappa shape index (κ2) is 8.49. The summed E-state index contributed by atoms with van der Waals surface area (Å²) in [5.41, 5.74) is 6.69. The van der Waals surface area contributed by atoms with E-state index in [9.17, 15) is 4.79 Å². The normalized spacial score (nSPS) is 9.67. The van der Waals surface area contributed by atoms with Gasteiger partial charge < -0.3 is 15.6 Å². The van der Waals surface area contributed by atoms with Gasteiger partial charge in [0.2, 0.25) is 0 Å². The minimum Gasteiger partial charge on any atom is -0.398 e. The first-order valence-electron chi connectivity index (χ1n) is 6.10. The number of aromatic nitrogens is 3. The van der Waals surface area contributed by atoms with Crippen molar-refractivity contribution in [1.29, 1.82) is 0 Å². The van der Waals surface area contributed by atoms with Gasteiger partial charge in [-0.1, -0.05) is 12.1 Å². The van der Waals surface area contributed by atoms with Gasteiger partial charge in [-0.05, 0) is 26.0 Å². The van der Waals surface area contributed by atoms with Crippen molar-refractivity contribution in [3.05, 3.63) is 42.0 Å². The molecule has 8 heteroatoms. The van der Waals surface area contributed by atoms with Gasteiger partial charge >= 0.3 is 0 Å². The van der Waals surface area contributed by atoms with E-state index in [4.69, 9.17) is 5.73 Å². The lowest BCUT2D eigenvalue weighted by atomic mass is 10.1. The largest absolute Gasteiger partial charge is 0.398 e. The number of nitrogens with zero attached hydrogens (tertiary/aromatic N) is 3. The van der Waals surface area contributed by atoms with Crippen LogP contribution in [0.4, 0.5) is 5.69 Å².